The lowest BCUT2D eigenvalue weighted by Gasteiger charge is -2.17. The van der Waals surface area contributed by atoms with Gasteiger partial charge in [0, 0.05) is 24.0 Å². The number of carbonyl (C=O) groups is 2. The van der Waals surface area contributed by atoms with Crippen molar-refractivity contribution in [2.75, 3.05) is 0 Å². The van der Waals surface area contributed by atoms with Gasteiger partial charge < -0.3 is 19.8 Å². The zero-order valence-corrected chi connectivity index (χ0v) is 11.2. The van der Waals surface area contributed by atoms with E-state index in [0.717, 1.165) is 0 Å². The second kappa shape index (κ2) is 7.01. The number of carboxylic acid groups (broad SMARTS) is 2. The molecule has 0 heterocycles. The minimum atomic E-state index is -1.37. The standard InChI is InChI=1S/C16H14O4/c1-3-5-7-11-12(8-6-4-2)14(16(19)20)10-9-13(11)15(17)18/h9-10H,7-8H2,1-2H3,(H,17,18)(H,19,20)/p-2. The van der Waals surface area contributed by atoms with E-state index in [1.54, 1.807) is 13.8 Å². The molecule has 0 N–H and O–H groups in total. The molecule has 0 atom stereocenters. The van der Waals surface area contributed by atoms with Crippen LogP contribution in [0.2, 0.25) is 0 Å². The topological polar surface area (TPSA) is 80.3 Å². The summed E-state index contributed by atoms with van der Waals surface area (Å²) in [5, 5.41) is 22.3. The maximum Gasteiger partial charge on any atom is 0.0718 e. The second-order valence-electron chi connectivity index (χ2n) is 3.90. The third-order valence-corrected chi connectivity index (χ3v) is 2.75. The van der Waals surface area contributed by atoms with Crippen LogP contribution >= 0.6 is 0 Å². The van der Waals surface area contributed by atoms with Crippen LogP contribution in [0.1, 0.15) is 45.7 Å². The molecule has 0 aromatic heterocycles. The van der Waals surface area contributed by atoms with E-state index in [9.17, 15) is 19.8 Å². The first kappa shape index (κ1) is 15.3. The summed E-state index contributed by atoms with van der Waals surface area (Å²) in [7, 11) is 0. The molecule has 0 bridgehead atoms. The lowest BCUT2D eigenvalue weighted by molar-refractivity contribution is -0.256. The average molecular weight is 268 g/mol. The Morgan fingerprint density at radius 1 is 0.900 bits per heavy atom. The van der Waals surface area contributed by atoms with Gasteiger partial charge in [-0.05, 0) is 25.0 Å². The third-order valence-electron chi connectivity index (χ3n) is 2.75. The molecule has 4 nitrogen and oxygen atoms in total. The Balaban J connectivity index is 3.58. The largest absolute Gasteiger partial charge is 0.545 e. The molecule has 1 aromatic rings. The SMILES string of the molecule is CC#CCc1c(C(=O)[O-])ccc(C(=O)[O-])c1CC#CC. The summed E-state index contributed by atoms with van der Waals surface area (Å²) >= 11 is 0. The van der Waals surface area contributed by atoms with Crippen molar-refractivity contribution in [1.82, 2.24) is 0 Å². The highest BCUT2D eigenvalue weighted by Crippen LogP contribution is 2.20. The molecule has 0 radical (unpaired) electrons. The number of rotatable bonds is 4. The number of benzene rings is 1. The molecule has 0 aliphatic rings. The molecule has 0 spiro atoms. The molecule has 4 heteroatoms. The van der Waals surface area contributed by atoms with Crippen molar-refractivity contribution < 1.29 is 19.8 Å². The second-order valence-corrected chi connectivity index (χ2v) is 3.90. The fraction of sp³-hybridized carbons (Fsp3) is 0.250. The lowest BCUT2D eigenvalue weighted by Crippen LogP contribution is -2.28. The van der Waals surface area contributed by atoms with E-state index < -0.39 is 11.9 Å². The van der Waals surface area contributed by atoms with Crippen LogP contribution in [0.15, 0.2) is 12.1 Å². The molecule has 20 heavy (non-hydrogen) atoms. The van der Waals surface area contributed by atoms with Crippen LogP contribution in [-0.4, -0.2) is 11.9 Å². The van der Waals surface area contributed by atoms with Crippen molar-refractivity contribution in [3.8, 4) is 23.7 Å². The minimum Gasteiger partial charge on any atom is -0.545 e. The Morgan fingerprint density at radius 2 is 1.25 bits per heavy atom. The Labute approximate surface area is 117 Å². The van der Waals surface area contributed by atoms with Crippen LogP contribution in [0.3, 0.4) is 0 Å². The smallest absolute Gasteiger partial charge is 0.0718 e. The van der Waals surface area contributed by atoms with Crippen LogP contribution in [0.4, 0.5) is 0 Å². The molecular weight excluding hydrogens is 256 g/mol. The molecule has 1 rings (SSSR count). The Kier molecular flexibility index (Phi) is 5.38. The first-order valence-corrected chi connectivity index (χ1v) is 5.89. The monoisotopic (exact) mass is 268 g/mol. The van der Waals surface area contributed by atoms with Crippen molar-refractivity contribution in [2.45, 2.75) is 26.7 Å². The molecule has 0 amide bonds. The summed E-state index contributed by atoms with van der Waals surface area (Å²) in [5.41, 5.74) is 0.518. The zero-order valence-electron chi connectivity index (χ0n) is 11.2. The maximum absolute atomic E-state index is 11.1. The van der Waals surface area contributed by atoms with Crippen molar-refractivity contribution in [3.63, 3.8) is 0 Å². The fourth-order valence-corrected chi connectivity index (χ4v) is 1.83. The zero-order chi connectivity index (χ0) is 15.1. The van der Waals surface area contributed by atoms with Crippen molar-refractivity contribution in [2.24, 2.45) is 0 Å². The van der Waals surface area contributed by atoms with Gasteiger partial charge in [0.2, 0.25) is 0 Å². The highest BCUT2D eigenvalue weighted by atomic mass is 16.4. The van der Waals surface area contributed by atoms with E-state index in [1.165, 1.54) is 12.1 Å². The molecular formula is C16H12O4-2. The van der Waals surface area contributed by atoms with Gasteiger partial charge in [-0.2, -0.15) is 0 Å². The number of aromatic carboxylic acids is 2. The average Bonchev–Trinajstić information content (AvgIpc) is 2.41. The summed E-state index contributed by atoms with van der Waals surface area (Å²) in [4.78, 5) is 22.3. The number of hydrogen-bond acceptors (Lipinski definition) is 4. The highest BCUT2D eigenvalue weighted by molar-refractivity contribution is 5.93. The van der Waals surface area contributed by atoms with Gasteiger partial charge in [-0.25, -0.2) is 0 Å². The predicted octanol–water partition coefficient (Wildman–Crippen LogP) is -0.455. The van der Waals surface area contributed by atoms with Gasteiger partial charge in [0.1, 0.15) is 0 Å². The Morgan fingerprint density at radius 3 is 1.50 bits per heavy atom. The molecule has 1 aromatic carbocycles. The van der Waals surface area contributed by atoms with E-state index in [1.807, 2.05) is 0 Å². The molecule has 0 aliphatic heterocycles. The quantitative estimate of drug-likeness (QED) is 0.692. The molecule has 102 valence electrons. The first-order valence-electron chi connectivity index (χ1n) is 5.89. The third kappa shape index (κ3) is 3.40. The predicted molar refractivity (Wildman–Crippen MR) is 69.4 cm³/mol. The number of carbonyl (C=O) groups excluding carboxylic acids is 2. The van der Waals surface area contributed by atoms with E-state index in [0.29, 0.717) is 11.1 Å². The van der Waals surface area contributed by atoms with Crippen molar-refractivity contribution >= 4 is 11.9 Å². The van der Waals surface area contributed by atoms with Gasteiger partial charge >= 0.3 is 0 Å². The summed E-state index contributed by atoms with van der Waals surface area (Å²) in [6.45, 7) is 3.24. The Hall–Kier alpha value is -2.72. The van der Waals surface area contributed by atoms with E-state index in [-0.39, 0.29) is 24.0 Å². The van der Waals surface area contributed by atoms with Crippen LogP contribution in [-0.2, 0) is 12.8 Å². The van der Waals surface area contributed by atoms with Gasteiger partial charge in [-0.15, -0.1) is 11.8 Å². The van der Waals surface area contributed by atoms with Gasteiger partial charge in [0.25, 0.3) is 0 Å². The van der Waals surface area contributed by atoms with Crippen LogP contribution < -0.4 is 10.2 Å². The van der Waals surface area contributed by atoms with Crippen molar-refractivity contribution in [1.29, 1.82) is 0 Å². The fourth-order valence-electron chi connectivity index (χ4n) is 1.83. The summed E-state index contributed by atoms with van der Waals surface area (Å²) in [6.07, 6.45) is 0.253. The molecule has 0 saturated carbocycles. The lowest BCUT2D eigenvalue weighted by atomic mass is 9.92. The van der Waals surface area contributed by atoms with Crippen LogP contribution in [0, 0.1) is 23.7 Å². The van der Waals surface area contributed by atoms with Gasteiger partial charge in [0.05, 0.1) is 11.9 Å². The maximum atomic E-state index is 11.1. The summed E-state index contributed by atoms with van der Waals surface area (Å²) in [5.74, 6) is 8.05. The van der Waals surface area contributed by atoms with Gasteiger partial charge in [-0.3, -0.25) is 0 Å². The first-order chi connectivity index (χ1) is 9.52. The molecule has 0 aliphatic carbocycles. The van der Waals surface area contributed by atoms with Gasteiger partial charge in [0.15, 0.2) is 0 Å². The van der Waals surface area contributed by atoms with E-state index in [2.05, 4.69) is 23.7 Å². The molecule has 0 unspecified atom stereocenters. The molecule has 0 saturated heterocycles. The number of carboxylic acids is 2. The van der Waals surface area contributed by atoms with Crippen LogP contribution in [0.5, 0.6) is 0 Å². The number of hydrogen-bond donors (Lipinski definition) is 0. The highest BCUT2D eigenvalue weighted by Gasteiger charge is 2.13. The van der Waals surface area contributed by atoms with Gasteiger partial charge in [-0.1, -0.05) is 24.0 Å². The van der Waals surface area contributed by atoms with Crippen LogP contribution in [0.25, 0.3) is 0 Å². The molecule has 0 fully saturated rings. The Bertz CT molecular complexity index is 604. The summed E-state index contributed by atoms with van der Waals surface area (Å²) in [6, 6.07) is 2.41. The van der Waals surface area contributed by atoms with E-state index >= 15 is 0 Å². The normalized spacial score (nSPS) is 8.90. The minimum absolute atomic E-state index is 0.0642. The summed E-state index contributed by atoms with van der Waals surface area (Å²) < 4.78 is 0. The van der Waals surface area contributed by atoms with Crippen molar-refractivity contribution in [3.05, 3.63) is 34.4 Å². The van der Waals surface area contributed by atoms with E-state index in [4.69, 9.17) is 0 Å².